The van der Waals surface area contributed by atoms with Crippen molar-refractivity contribution in [1.29, 1.82) is 0 Å². The molecule has 1 amide bonds. The third-order valence-electron chi connectivity index (χ3n) is 4.06. The maximum absolute atomic E-state index is 15.0. The Bertz CT molecular complexity index is 1200. The lowest BCUT2D eigenvalue weighted by Gasteiger charge is -2.17. The number of para-hydroxylation sites is 2. The fourth-order valence-electron chi connectivity index (χ4n) is 2.68. The summed E-state index contributed by atoms with van der Waals surface area (Å²) in [7, 11) is 0. The van der Waals surface area contributed by atoms with E-state index in [1.807, 2.05) is 0 Å². The average molecular weight is 457 g/mol. The van der Waals surface area contributed by atoms with E-state index in [1.165, 1.54) is 6.07 Å². The number of carbonyl (C=O) groups excluding carboxylic acids is 1. The Morgan fingerprint density at radius 1 is 1.03 bits per heavy atom. The van der Waals surface area contributed by atoms with Gasteiger partial charge in [-0.05, 0) is 29.4 Å². The van der Waals surface area contributed by atoms with Crippen molar-refractivity contribution in [2.45, 2.75) is 0 Å². The van der Waals surface area contributed by atoms with Gasteiger partial charge in [0.2, 0.25) is 12.2 Å². The summed E-state index contributed by atoms with van der Waals surface area (Å²) in [6.07, 6.45) is 1.41. The van der Waals surface area contributed by atoms with Crippen LogP contribution in [0.3, 0.4) is 0 Å². The second kappa shape index (κ2) is 9.84. The van der Waals surface area contributed by atoms with Gasteiger partial charge in [-0.25, -0.2) is 4.99 Å². The molecule has 9 nitrogen and oxygen atoms in total. The number of benzene rings is 2. The van der Waals surface area contributed by atoms with Gasteiger partial charge in [0.15, 0.2) is 6.61 Å². The van der Waals surface area contributed by atoms with Crippen molar-refractivity contribution in [1.82, 2.24) is 9.97 Å². The fourth-order valence-corrected chi connectivity index (χ4v) is 2.85. The number of carbonyl (C=O) groups is 1. The number of hydrogen-bond donors (Lipinski definition) is 0. The minimum absolute atomic E-state index is 0.00898. The predicted molar refractivity (Wildman–Crippen MR) is 112 cm³/mol. The van der Waals surface area contributed by atoms with E-state index in [0.29, 0.717) is 12.0 Å². The van der Waals surface area contributed by atoms with E-state index < -0.39 is 11.7 Å². The summed E-state index contributed by atoms with van der Waals surface area (Å²) >= 11 is 6.06. The van der Waals surface area contributed by atoms with Gasteiger partial charge in [-0.2, -0.15) is 14.4 Å². The molecule has 0 bridgehead atoms. The molecule has 1 aromatic heterocycles. The first kappa shape index (κ1) is 21.2. The average Bonchev–Trinajstić information content (AvgIpc) is 2.82. The number of hydrogen-bond acceptors (Lipinski definition) is 8. The van der Waals surface area contributed by atoms with Crippen LogP contribution in [0.4, 0.5) is 4.39 Å². The zero-order valence-corrected chi connectivity index (χ0v) is 17.0. The molecule has 0 N–H and O–H groups in total. The van der Waals surface area contributed by atoms with Crippen LogP contribution >= 0.6 is 11.6 Å². The summed E-state index contributed by atoms with van der Waals surface area (Å²) in [6.45, 7) is 0.486. The van der Waals surface area contributed by atoms with Gasteiger partial charge in [0.1, 0.15) is 30.1 Å². The Morgan fingerprint density at radius 2 is 1.72 bits per heavy atom. The van der Waals surface area contributed by atoms with Crippen LogP contribution in [0.25, 0.3) is 0 Å². The highest BCUT2D eigenvalue weighted by atomic mass is 35.5. The number of oxime groups is 1. The molecule has 0 saturated carbocycles. The molecule has 0 aliphatic carbocycles. The van der Waals surface area contributed by atoms with E-state index in [9.17, 15) is 4.79 Å². The number of nitrogens with zero attached hydrogens (tertiary/aromatic N) is 4. The van der Waals surface area contributed by atoms with E-state index in [0.717, 1.165) is 6.33 Å². The summed E-state index contributed by atoms with van der Waals surface area (Å²) < 4.78 is 31.6. The molecule has 0 fully saturated rings. The number of amides is 1. The predicted octanol–water partition coefficient (Wildman–Crippen LogP) is 4.16. The lowest BCUT2D eigenvalue weighted by Crippen LogP contribution is -2.25. The largest absolute Gasteiger partial charge is 0.470 e. The van der Waals surface area contributed by atoms with Crippen molar-refractivity contribution in [3.05, 3.63) is 71.3 Å². The number of halogens is 2. The minimum atomic E-state index is -0.953. The molecule has 2 aromatic carbocycles. The topological polar surface area (TPSA) is 104 Å². The van der Waals surface area contributed by atoms with Crippen LogP contribution in [-0.2, 0) is 14.4 Å². The Hall–Kier alpha value is -4.05. The lowest BCUT2D eigenvalue weighted by atomic mass is 10.1. The van der Waals surface area contributed by atoms with Gasteiger partial charge in [-0.3, -0.25) is 4.79 Å². The SMILES string of the molecule is O=CN=C(C1=NOCCO1)c1ccccc1Oc1ncnc(Oc2ccccc2Cl)c1F. The van der Waals surface area contributed by atoms with Crippen LogP contribution in [0.2, 0.25) is 5.02 Å². The first-order chi connectivity index (χ1) is 15.7. The molecule has 0 unspecified atom stereocenters. The summed E-state index contributed by atoms with van der Waals surface area (Å²) in [5, 5.41) is 4.06. The Kier molecular flexibility index (Phi) is 6.52. The molecule has 2 heterocycles. The molecule has 162 valence electrons. The Labute approximate surface area is 186 Å². The molecule has 0 atom stereocenters. The molecule has 0 spiro atoms. The van der Waals surface area contributed by atoms with E-state index >= 15 is 4.39 Å². The minimum Gasteiger partial charge on any atom is -0.470 e. The highest BCUT2D eigenvalue weighted by molar-refractivity contribution is 6.46. The van der Waals surface area contributed by atoms with Crippen LogP contribution in [-0.4, -0.2) is 41.2 Å². The molecule has 0 radical (unpaired) electrons. The smallest absolute Gasteiger partial charge is 0.277 e. The summed E-state index contributed by atoms with van der Waals surface area (Å²) in [5.41, 5.74) is 0.354. The van der Waals surface area contributed by atoms with Crippen LogP contribution < -0.4 is 9.47 Å². The monoisotopic (exact) mass is 456 g/mol. The van der Waals surface area contributed by atoms with Crippen molar-refractivity contribution >= 4 is 29.6 Å². The summed E-state index contributed by atoms with van der Waals surface area (Å²) in [6, 6.07) is 13.0. The molecule has 4 rings (SSSR count). The maximum Gasteiger partial charge on any atom is 0.277 e. The molecule has 1 aliphatic heterocycles. The Balaban J connectivity index is 1.67. The van der Waals surface area contributed by atoms with Crippen LogP contribution in [0, 0.1) is 5.82 Å². The number of ether oxygens (including phenoxy) is 3. The summed E-state index contributed by atoms with van der Waals surface area (Å²) in [5.74, 6) is -1.41. The molecule has 11 heteroatoms. The van der Waals surface area contributed by atoms with Gasteiger partial charge in [0.25, 0.3) is 17.7 Å². The third-order valence-corrected chi connectivity index (χ3v) is 4.38. The molecule has 0 saturated heterocycles. The fraction of sp³-hybridized carbons (Fsp3) is 0.0952. The first-order valence-corrected chi connectivity index (χ1v) is 9.60. The number of rotatable bonds is 7. The van der Waals surface area contributed by atoms with E-state index in [2.05, 4.69) is 20.1 Å². The molecule has 3 aromatic rings. The van der Waals surface area contributed by atoms with Gasteiger partial charge in [0.05, 0.1) is 5.02 Å². The molecule has 32 heavy (non-hydrogen) atoms. The second-order valence-corrected chi connectivity index (χ2v) is 6.50. The zero-order valence-electron chi connectivity index (χ0n) is 16.3. The van der Waals surface area contributed by atoms with Crippen molar-refractivity contribution in [3.8, 4) is 23.3 Å². The van der Waals surface area contributed by atoms with E-state index in [4.69, 9.17) is 30.6 Å². The van der Waals surface area contributed by atoms with Crippen LogP contribution in [0.15, 0.2) is 65.0 Å². The zero-order chi connectivity index (χ0) is 22.3. The van der Waals surface area contributed by atoms with Crippen molar-refractivity contribution in [2.24, 2.45) is 10.1 Å². The number of aromatic nitrogens is 2. The van der Waals surface area contributed by atoms with Crippen molar-refractivity contribution < 1.29 is 28.2 Å². The van der Waals surface area contributed by atoms with Crippen molar-refractivity contribution in [2.75, 3.05) is 13.2 Å². The van der Waals surface area contributed by atoms with Gasteiger partial charge in [-0.15, -0.1) is 0 Å². The quantitative estimate of drug-likeness (QED) is 0.388. The normalized spacial score (nSPS) is 13.4. The van der Waals surface area contributed by atoms with Gasteiger partial charge in [-0.1, -0.05) is 35.9 Å². The lowest BCUT2D eigenvalue weighted by molar-refractivity contribution is -0.106. The van der Waals surface area contributed by atoms with E-state index in [1.54, 1.807) is 42.5 Å². The number of aliphatic imine (C=N–C) groups is 1. The van der Waals surface area contributed by atoms with Crippen molar-refractivity contribution in [3.63, 3.8) is 0 Å². The standard InChI is InChI=1S/C21H14ClFN4O5/c22-14-6-2-4-8-16(14)32-20-17(23)19(24-11-25-20)31-15-7-3-1-5-13(15)18(26-12-28)21-27-30-10-9-29-21/h1-8,11-12H,9-10H2. The van der Waals surface area contributed by atoms with Gasteiger partial charge >= 0.3 is 0 Å². The molecular formula is C21H14ClFN4O5. The van der Waals surface area contributed by atoms with Crippen LogP contribution in [0.5, 0.6) is 23.3 Å². The highest BCUT2D eigenvalue weighted by Crippen LogP contribution is 2.33. The van der Waals surface area contributed by atoms with Gasteiger partial charge in [0, 0.05) is 5.56 Å². The van der Waals surface area contributed by atoms with E-state index in [-0.39, 0.29) is 47.2 Å². The third kappa shape index (κ3) is 4.65. The van der Waals surface area contributed by atoms with Gasteiger partial charge < -0.3 is 19.0 Å². The maximum atomic E-state index is 15.0. The molecule has 1 aliphatic rings. The second-order valence-electron chi connectivity index (χ2n) is 6.09. The Morgan fingerprint density at radius 3 is 2.41 bits per heavy atom. The highest BCUT2D eigenvalue weighted by Gasteiger charge is 2.23. The summed E-state index contributed by atoms with van der Waals surface area (Å²) in [4.78, 5) is 27.5. The van der Waals surface area contributed by atoms with Crippen LogP contribution in [0.1, 0.15) is 5.56 Å². The first-order valence-electron chi connectivity index (χ1n) is 9.22. The molecular weight excluding hydrogens is 443 g/mol.